The normalized spacial score (nSPS) is 11.6. The molecule has 3 aromatic carbocycles. The number of aromatic amines is 1. The van der Waals surface area contributed by atoms with Crippen molar-refractivity contribution in [2.45, 2.75) is 0 Å². The number of hydrogen-bond acceptors (Lipinski definition) is 3. The molecule has 0 atom stereocenters. The Labute approximate surface area is 185 Å². The monoisotopic (exact) mass is 442 g/mol. The molecule has 3 aromatic heterocycles. The zero-order valence-corrected chi connectivity index (χ0v) is 17.3. The van der Waals surface area contributed by atoms with Crippen molar-refractivity contribution in [3.8, 4) is 5.82 Å². The van der Waals surface area contributed by atoms with Crippen LogP contribution >= 0.6 is 0 Å². The number of fused-ring (bicyclic) bond motifs is 3. The number of rotatable bonds is 3. The molecule has 0 saturated carbocycles. The van der Waals surface area contributed by atoms with Gasteiger partial charge in [0.2, 0.25) is 0 Å². The van der Waals surface area contributed by atoms with Gasteiger partial charge >= 0.3 is 0 Å². The molecular weight excluding hydrogens is 426 g/mol. The minimum absolute atomic E-state index is 0.0799. The van der Waals surface area contributed by atoms with E-state index in [0.29, 0.717) is 11.5 Å². The second kappa shape index (κ2) is 6.99. The predicted octanol–water partition coefficient (Wildman–Crippen LogP) is 4.92. The molecule has 0 spiro atoms. The van der Waals surface area contributed by atoms with E-state index in [1.165, 1.54) is 10.9 Å². The number of hydrogen-bond donors (Lipinski definition) is 2. The van der Waals surface area contributed by atoms with E-state index >= 15 is 0 Å². The Hall–Kier alpha value is -4.53. The maximum absolute atomic E-state index is 14.9. The lowest BCUT2D eigenvalue weighted by molar-refractivity contribution is 0.101. The molecule has 0 bridgehead atoms. The van der Waals surface area contributed by atoms with Crippen molar-refractivity contribution < 1.29 is 13.6 Å². The number of amides is 1. The van der Waals surface area contributed by atoms with Crippen LogP contribution in [0.5, 0.6) is 0 Å². The first kappa shape index (κ1) is 19.2. The zero-order chi connectivity index (χ0) is 22.7. The standard InChI is InChI=1S/C24H16F2N6O/c1-31-20-9-18(25)21(22(26)17(20)10-27-31)24(33)28-15-6-7-19-16(8-15)23(30-29-19)32-11-13-4-2-3-5-14(13)12-32/h2-12H,1H3,(H,28,33)(H,29,30). The van der Waals surface area contributed by atoms with E-state index in [9.17, 15) is 13.6 Å². The van der Waals surface area contributed by atoms with Gasteiger partial charge in [-0.3, -0.25) is 14.6 Å². The molecule has 0 radical (unpaired) electrons. The van der Waals surface area contributed by atoms with Gasteiger partial charge in [0.15, 0.2) is 5.82 Å². The van der Waals surface area contributed by atoms with Crippen molar-refractivity contribution in [2.24, 2.45) is 7.05 Å². The number of aryl methyl sites for hydroxylation is 1. The number of aromatic nitrogens is 5. The first-order valence-corrected chi connectivity index (χ1v) is 10.2. The van der Waals surface area contributed by atoms with Crippen molar-refractivity contribution in [3.63, 3.8) is 0 Å². The van der Waals surface area contributed by atoms with Crippen LogP contribution in [0.4, 0.5) is 14.5 Å². The van der Waals surface area contributed by atoms with Crippen LogP contribution in [-0.2, 0) is 7.05 Å². The van der Waals surface area contributed by atoms with Crippen molar-refractivity contribution in [1.82, 2.24) is 24.5 Å². The highest BCUT2D eigenvalue weighted by molar-refractivity contribution is 6.07. The van der Waals surface area contributed by atoms with Gasteiger partial charge in [0.25, 0.3) is 5.91 Å². The first-order valence-electron chi connectivity index (χ1n) is 10.2. The van der Waals surface area contributed by atoms with Gasteiger partial charge in [-0.05, 0) is 29.0 Å². The molecule has 3 heterocycles. The summed E-state index contributed by atoms with van der Waals surface area (Å²) in [5.41, 5.74) is 0.761. The lowest BCUT2D eigenvalue weighted by Crippen LogP contribution is -2.16. The molecule has 1 amide bonds. The summed E-state index contributed by atoms with van der Waals surface area (Å²) in [6.07, 6.45) is 5.19. The molecule has 0 aliphatic heterocycles. The lowest BCUT2D eigenvalue weighted by Gasteiger charge is -2.09. The molecule has 0 unspecified atom stereocenters. The molecule has 0 aliphatic carbocycles. The summed E-state index contributed by atoms with van der Waals surface area (Å²) in [4.78, 5) is 12.8. The van der Waals surface area contributed by atoms with E-state index < -0.39 is 23.1 Å². The second-order valence-electron chi connectivity index (χ2n) is 7.80. The molecule has 7 nitrogen and oxygen atoms in total. The van der Waals surface area contributed by atoms with E-state index in [1.54, 1.807) is 25.2 Å². The number of nitrogens with one attached hydrogen (secondary N) is 2. The molecular formula is C24H16F2N6O. The Morgan fingerprint density at radius 1 is 1.03 bits per heavy atom. The quantitative estimate of drug-likeness (QED) is 0.408. The maximum atomic E-state index is 14.9. The third-order valence-corrected chi connectivity index (χ3v) is 5.77. The van der Waals surface area contributed by atoms with Crippen LogP contribution < -0.4 is 5.32 Å². The van der Waals surface area contributed by atoms with Crippen LogP contribution in [0.2, 0.25) is 0 Å². The highest BCUT2D eigenvalue weighted by atomic mass is 19.1. The first-order chi connectivity index (χ1) is 16.0. The van der Waals surface area contributed by atoms with E-state index in [0.717, 1.165) is 27.7 Å². The number of carbonyl (C=O) groups excluding carboxylic acids is 1. The van der Waals surface area contributed by atoms with Crippen LogP contribution in [0.3, 0.4) is 0 Å². The summed E-state index contributed by atoms with van der Waals surface area (Å²) in [6, 6.07) is 14.2. The number of anilines is 1. The van der Waals surface area contributed by atoms with Crippen LogP contribution in [0, 0.1) is 11.6 Å². The van der Waals surface area contributed by atoms with E-state index in [1.807, 2.05) is 41.2 Å². The van der Waals surface area contributed by atoms with Crippen LogP contribution in [0.1, 0.15) is 10.4 Å². The van der Waals surface area contributed by atoms with E-state index in [4.69, 9.17) is 0 Å². The van der Waals surface area contributed by atoms with Gasteiger partial charge in [0.1, 0.15) is 17.2 Å². The minimum Gasteiger partial charge on any atom is -0.322 e. The fraction of sp³-hybridized carbons (Fsp3) is 0.0417. The molecule has 0 fully saturated rings. The summed E-state index contributed by atoms with van der Waals surface area (Å²) in [5, 5.41) is 16.9. The topological polar surface area (TPSA) is 80.5 Å². The summed E-state index contributed by atoms with van der Waals surface area (Å²) >= 11 is 0. The predicted molar refractivity (Wildman–Crippen MR) is 122 cm³/mol. The van der Waals surface area contributed by atoms with Gasteiger partial charge in [-0.2, -0.15) is 10.2 Å². The second-order valence-corrected chi connectivity index (χ2v) is 7.80. The Morgan fingerprint density at radius 2 is 1.79 bits per heavy atom. The molecule has 9 heteroatoms. The Morgan fingerprint density at radius 3 is 2.55 bits per heavy atom. The summed E-state index contributed by atoms with van der Waals surface area (Å²) in [7, 11) is 1.58. The molecule has 33 heavy (non-hydrogen) atoms. The fourth-order valence-electron chi connectivity index (χ4n) is 4.10. The number of benzene rings is 3. The highest BCUT2D eigenvalue weighted by Gasteiger charge is 2.22. The zero-order valence-electron chi connectivity index (χ0n) is 17.3. The van der Waals surface area contributed by atoms with Gasteiger partial charge in [-0.15, -0.1) is 0 Å². The third-order valence-electron chi connectivity index (χ3n) is 5.77. The molecule has 2 N–H and O–H groups in total. The molecule has 162 valence electrons. The van der Waals surface area contributed by atoms with Gasteiger partial charge in [-0.1, -0.05) is 24.3 Å². The Bertz CT molecular complexity index is 1680. The Kier molecular flexibility index (Phi) is 4.06. The van der Waals surface area contributed by atoms with Crippen molar-refractivity contribution in [3.05, 3.63) is 84.3 Å². The van der Waals surface area contributed by atoms with Crippen LogP contribution in [-0.4, -0.2) is 30.5 Å². The minimum atomic E-state index is -0.954. The average molecular weight is 442 g/mol. The fourth-order valence-corrected chi connectivity index (χ4v) is 4.10. The van der Waals surface area contributed by atoms with Crippen LogP contribution in [0.15, 0.2) is 67.1 Å². The maximum Gasteiger partial charge on any atom is 0.261 e. The smallest absolute Gasteiger partial charge is 0.261 e. The molecule has 0 aliphatic rings. The van der Waals surface area contributed by atoms with Crippen LogP contribution in [0.25, 0.3) is 38.4 Å². The Balaban J connectivity index is 1.38. The van der Waals surface area contributed by atoms with Crippen molar-refractivity contribution >= 4 is 44.2 Å². The SMILES string of the molecule is Cn1ncc2c(F)c(C(=O)Nc3ccc4[nH]nc(-n5cc6ccccc6c5)c4c3)c(F)cc21. The number of nitrogens with zero attached hydrogens (tertiary/aromatic N) is 4. The van der Waals surface area contributed by atoms with Gasteiger partial charge in [0, 0.05) is 36.6 Å². The third kappa shape index (κ3) is 2.97. The lowest BCUT2D eigenvalue weighted by atomic mass is 10.1. The summed E-state index contributed by atoms with van der Waals surface area (Å²) < 4.78 is 32.8. The number of halogens is 2. The summed E-state index contributed by atoms with van der Waals surface area (Å²) in [6.45, 7) is 0. The number of H-pyrrole nitrogens is 1. The molecule has 0 saturated heterocycles. The van der Waals surface area contributed by atoms with E-state index in [2.05, 4.69) is 20.6 Å². The van der Waals surface area contributed by atoms with Gasteiger partial charge < -0.3 is 9.88 Å². The van der Waals surface area contributed by atoms with E-state index in [-0.39, 0.29) is 10.9 Å². The average Bonchev–Trinajstić information content (AvgIpc) is 3.50. The summed E-state index contributed by atoms with van der Waals surface area (Å²) in [5.74, 6) is -2.14. The van der Waals surface area contributed by atoms with Gasteiger partial charge in [-0.25, -0.2) is 8.78 Å². The largest absolute Gasteiger partial charge is 0.322 e. The van der Waals surface area contributed by atoms with Crippen molar-refractivity contribution in [1.29, 1.82) is 0 Å². The highest BCUT2D eigenvalue weighted by Crippen LogP contribution is 2.28. The van der Waals surface area contributed by atoms with Crippen molar-refractivity contribution in [2.75, 3.05) is 5.32 Å². The molecule has 6 aromatic rings. The number of carbonyl (C=O) groups is 1. The van der Waals surface area contributed by atoms with Gasteiger partial charge in [0.05, 0.1) is 22.6 Å². The molecule has 6 rings (SSSR count).